The first-order valence-corrected chi connectivity index (χ1v) is 5.90. The number of hydrogen-bond acceptors (Lipinski definition) is 2. The van der Waals surface area contributed by atoms with Gasteiger partial charge in [-0.25, -0.2) is 0 Å². The van der Waals surface area contributed by atoms with E-state index in [2.05, 4.69) is 5.32 Å². The lowest BCUT2D eigenvalue weighted by atomic mass is 9.91. The molecule has 5 heteroatoms. The van der Waals surface area contributed by atoms with Gasteiger partial charge in [-0.15, -0.1) is 0 Å². The van der Waals surface area contributed by atoms with Gasteiger partial charge < -0.3 is 10.1 Å². The van der Waals surface area contributed by atoms with Crippen LogP contribution in [0.2, 0.25) is 0 Å². The van der Waals surface area contributed by atoms with E-state index >= 15 is 0 Å². The molecule has 0 aliphatic carbocycles. The van der Waals surface area contributed by atoms with E-state index in [4.69, 9.17) is 4.74 Å². The van der Waals surface area contributed by atoms with Crippen LogP contribution in [0.4, 0.5) is 13.2 Å². The van der Waals surface area contributed by atoms with Crippen LogP contribution in [0.5, 0.6) is 5.75 Å². The van der Waals surface area contributed by atoms with Crippen LogP contribution in [0.1, 0.15) is 26.3 Å². The zero-order chi connectivity index (χ0) is 13.8. The molecule has 0 saturated carbocycles. The maximum absolute atomic E-state index is 13.1. The van der Waals surface area contributed by atoms with E-state index in [1.807, 2.05) is 6.92 Å². The molecule has 0 radical (unpaired) electrons. The van der Waals surface area contributed by atoms with Crippen LogP contribution in [0.15, 0.2) is 24.3 Å². The number of alkyl halides is 3. The standard InChI is InChI=1S/C13H18F3NO/c1-4-17-12(3,13(14,15)16)10-6-8-11(9-7-10)18-5-2/h6-9,17H,4-5H2,1-3H3. The Morgan fingerprint density at radius 2 is 1.67 bits per heavy atom. The van der Waals surface area contributed by atoms with Crippen molar-refractivity contribution in [2.75, 3.05) is 13.2 Å². The summed E-state index contributed by atoms with van der Waals surface area (Å²) in [5.41, 5.74) is -1.85. The topological polar surface area (TPSA) is 21.3 Å². The van der Waals surface area contributed by atoms with Gasteiger partial charge in [-0.1, -0.05) is 19.1 Å². The summed E-state index contributed by atoms with van der Waals surface area (Å²) in [4.78, 5) is 0. The average Bonchev–Trinajstić information content (AvgIpc) is 2.29. The molecule has 102 valence electrons. The van der Waals surface area contributed by atoms with Crippen LogP contribution in [0, 0.1) is 0 Å². The fourth-order valence-electron chi connectivity index (χ4n) is 1.77. The minimum absolute atomic E-state index is 0.181. The SMILES string of the molecule is CCNC(C)(c1ccc(OCC)cc1)C(F)(F)F. The number of benzene rings is 1. The Morgan fingerprint density at radius 1 is 1.11 bits per heavy atom. The summed E-state index contributed by atoms with van der Waals surface area (Å²) in [5, 5.41) is 2.50. The molecule has 2 nitrogen and oxygen atoms in total. The quantitative estimate of drug-likeness (QED) is 0.876. The van der Waals surface area contributed by atoms with Crippen molar-refractivity contribution in [3.05, 3.63) is 29.8 Å². The Hall–Kier alpha value is -1.23. The second-order valence-electron chi connectivity index (χ2n) is 4.11. The highest BCUT2D eigenvalue weighted by Gasteiger charge is 2.51. The van der Waals surface area contributed by atoms with Crippen LogP contribution in [0.25, 0.3) is 0 Å². The maximum Gasteiger partial charge on any atom is 0.410 e. The number of nitrogens with one attached hydrogen (secondary N) is 1. The molecule has 0 bridgehead atoms. The smallest absolute Gasteiger partial charge is 0.410 e. The predicted octanol–water partition coefficient (Wildman–Crippen LogP) is 3.47. The van der Waals surface area contributed by atoms with E-state index in [0.717, 1.165) is 6.92 Å². The minimum Gasteiger partial charge on any atom is -0.494 e. The van der Waals surface area contributed by atoms with E-state index in [1.165, 1.54) is 12.1 Å². The Morgan fingerprint density at radius 3 is 2.06 bits per heavy atom. The number of rotatable bonds is 5. The van der Waals surface area contributed by atoms with Gasteiger partial charge in [-0.05, 0) is 38.1 Å². The molecular weight excluding hydrogens is 243 g/mol. The van der Waals surface area contributed by atoms with Crippen LogP contribution in [-0.4, -0.2) is 19.3 Å². The second-order valence-corrected chi connectivity index (χ2v) is 4.11. The largest absolute Gasteiger partial charge is 0.494 e. The van der Waals surface area contributed by atoms with Crippen molar-refractivity contribution in [1.29, 1.82) is 0 Å². The summed E-state index contributed by atoms with van der Waals surface area (Å²) >= 11 is 0. The summed E-state index contributed by atoms with van der Waals surface area (Å²) in [7, 11) is 0. The first kappa shape index (κ1) is 14.8. The number of ether oxygens (including phenoxy) is 1. The van der Waals surface area contributed by atoms with Gasteiger partial charge in [-0.2, -0.15) is 13.2 Å². The molecular formula is C13H18F3NO. The van der Waals surface area contributed by atoms with E-state index in [-0.39, 0.29) is 12.1 Å². The molecule has 1 rings (SSSR count). The second kappa shape index (κ2) is 5.61. The van der Waals surface area contributed by atoms with Crippen molar-refractivity contribution in [2.45, 2.75) is 32.5 Å². The molecule has 1 aromatic rings. The summed E-state index contributed by atoms with van der Waals surface area (Å²) in [6, 6.07) is 6.00. The zero-order valence-corrected chi connectivity index (χ0v) is 10.8. The van der Waals surface area contributed by atoms with Crippen LogP contribution in [-0.2, 0) is 5.54 Å². The Kier molecular flexibility index (Phi) is 4.62. The molecule has 0 aromatic heterocycles. The number of halogens is 3. The summed E-state index contributed by atoms with van der Waals surface area (Å²) in [6.07, 6.45) is -4.35. The lowest BCUT2D eigenvalue weighted by Crippen LogP contribution is -2.51. The predicted molar refractivity (Wildman–Crippen MR) is 64.7 cm³/mol. The first-order valence-electron chi connectivity index (χ1n) is 5.90. The molecule has 0 heterocycles. The molecule has 0 fully saturated rings. The third-order valence-electron chi connectivity index (χ3n) is 2.84. The molecule has 1 atom stereocenters. The van der Waals surface area contributed by atoms with E-state index < -0.39 is 11.7 Å². The molecule has 18 heavy (non-hydrogen) atoms. The highest BCUT2D eigenvalue weighted by Crippen LogP contribution is 2.38. The van der Waals surface area contributed by atoms with Crippen molar-refractivity contribution < 1.29 is 17.9 Å². The fourth-order valence-corrected chi connectivity index (χ4v) is 1.77. The third-order valence-corrected chi connectivity index (χ3v) is 2.84. The van der Waals surface area contributed by atoms with Gasteiger partial charge in [0.2, 0.25) is 0 Å². The molecule has 1 N–H and O–H groups in total. The third kappa shape index (κ3) is 2.96. The maximum atomic E-state index is 13.1. The van der Waals surface area contributed by atoms with E-state index in [1.54, 1.807) is 19.1 Å². The van der Waals surface area contributed by atoms with Crippen molar-refractivity contribution in [1.82, 2.24) is 5.32 Å². The fraction of sp³-hybridized carbons (Fsp3) is 0.538. The van der Waals surface area contributed by atoms with Crippen LogP contribution in [0.3, 0.4) is 0 Å². The minimum atomic E-state index is -4.35. The Labute approximate surface area is 105 Å². The monoisotopic (exact) mass is 261 g/mol. The van der Waals surface area contributed by atoms with E-state index in [0.29, 0.717) is 12.4 Å². The number of hydrogen-bond donors (Lipinski definition) is 1. The van der Waals surface area contributed by atoms with Gasteiger partial charge in [0.05, 0.1) is 6.61 Å². The lowest BCUT2D eigenvalue weighted by Gasteiger charge is -2.33. The van der Waals surface area contributed by atoms with Crippen molar-refractivity contribution in [3.8, 4) is 5.75 Å². The molecule has 0 aliphatic heterocycles. The van der Waals surface area contributed by atoms with Gasteiger partial charge in [0, 0.05) is 0 Å². The normalized spacial score (nSPS) is 15.2. The highest BCUT2D eigenvalue weighted by molar-refractivity contribution is 5.32. The summed E-state index contributed by atoms with van der Waals surface area (Å²) < 4.78 is 44.6. The van der Waals surface area contributed by atoms with Gasteiger partial charge >= 0.3 is 6.18 Å². The molecule has 0 amide bonds. The molecule has 0 saturated heterocycles. The lowest BCUT2D eigenvalue weighted by molar-refractivity contribution is -0.195. The Bertz CT molecular complexity index is 375. The molecule has 1 unspecified atom stereocenters. The van der Waals surface area contributed by atoms with Crippen molar-refractivity contribution in [2.24, 2.45) is 0 Å². The summed E-state index contributed by atoms with van der Waals surface area (Å²) in [6.45, 7) is 5.35. The molecule has 0 aliphatic rings. The van der Waals surface area contributed by atoms with Crippen molar-refractivity contribution in [3.63, 3.8) is 0 Å². The van der Waals surface area contributed by atoms with Gasteiger partial charge in [-0.3, -0.25) is 0 Å². The van der Waals surface area contributed by atoms with E-state index in [9.17, 15) is 13.2 Å². The van der Waals surface area contributed by atoms with Crippen molar-refractivity contribution >= 4 is 0 Å². The average molecular weight is 261 g/mol. The van der Waals surface area contributed by atoms with Gasteiger partial charge in [0.1, 0.15) is 11.3 Å². The van der Waals surface area contributed by atoms with Crippen LogP contribution < -0.4 is 10.1 Å². The highest BCUT2D eigenvalue weighted by atomic mass is 19.4. The molecule has 1 aromatic carbocycles. The van der Waals surface area contributed by atoms with Gasteiger partial charge in [0.25, 0.3) is 0 Å². The van der Waals surface area contributed by atoms with Crippen LogP contribution >= 0.6 is 0 Å². The van der Waals surface area contributed by atoms with Gasteiger partial charge in [0.15, 0.2) is 0 Å². The summed E-state index contributed by atoms with van der Waals surface area (Å²) in [5.74, 6) is 0.572. The first-order chi connectivity index (χ1) is 8.35. The zero-order valence-electron chi connectivity index (χ0n) is 10.8. The molecule has 0 spiro atoms. The Balaban J connectivity index is 3.07.